The third-order valence-electron chi connectivity index (χ3n) is 1.93. The summed E-state index contributed by atoms with van der Waals surface area (Å²) in [7, 11) is 0. The SMILES string of the molecule is OC[C@@H](O)[C@@H]1NC[C@@H](O)[C@@H]1O. The van der Waals surface area contributed by atoms with E-state index in [4.69, 9.17) is 15.3 Å². The molecular weight excluding hydrogens is 150 g/mol. The van der Waals surface area contributed by atoms with E-state index in [-0.39, 0.29) is 6.54 Å². The van der Waals surface area contributed by atoms with Crippen LogP contribution in [0.5, 0.6) is 0 Å². The zero-order valence-corrected chi connectivity index (χ0v) is 6.01. The molecule has 66 valence electrons. The van der Waals surface area contributed by atoms with Crippen molar-refractivity contribution in [1.29, 1.82) is 0 Å². The molecular formula is C6H13NO4. The van der Waals surface area contributed by atoms with E-state index in [1.54, 1.807) is 0 Å². The minimum absolute atomic E-state index is 0.253. The van der Waals surface area contributed by atoms with Gasteiger partial charge < -0.3 is 25.7 Å². The number of β-amino-alcohol motifs (C(OH)–C–C–N with tert-alkyl or cyclic N) is 1. The summed E-state index contributed by atoms with van der Waals surface area (Å²) in [4.78, 5) is 0. The molecule has 0 radical (unpaired) electrons. The molecule has 5 heteroatoms. The van der Waals surface area contributed by atoms with E-state index < -0.39 is 31.0 Å². The zero-order valence-electron chi connectivity index (χ0n) is 6.01. The molecule has 0 saturated carbocycles. The van der Waals surface area contributed by atoms with Crippen LogP contribution < -0.4 is 5.32 Å². The third kappa shape index (κ3) is 1.69. The lowest BCUT2D eigenvalue weighted by atomic mass is 10.1. The number of aliphatic hydroxyl groups excluding tert-OH is 4. The number of nitrogens with one attached hydrogen (secondary N) is 1. The quantitative estimate of drug-likeness (QED) is 0.300. The van der Waals surface area contributed by atoms with Gasteiger partial charge in [-0.1, -0.05) is 0 Å². The normalized spacial score (nSPS) is 40.9. The molecule has 1 aliphatic rings. The van der Waals surface area contributed by atoms with Crippen molar-refractivity contribution in [1.82, 2.24) is 5.32 Å². The summed E-state index contributed by atoms with van der Waals surface area (Å²) in [5.74, 6) is 0. The Morgan fingerprint density at radius 3 is 2.45 bits per heavy atom. The topological polar surface area (TPSA) is 93.0 Å². The molecule has 11 heavy (non-hydrogen) atoms. The molecule has 0 aromatic heterocycles. The van der Waals surface area contributed by atoms with Crippen LogP contribution in [0.3, 0.4) is 0 Å². The number of hydrogen-bond acceptors (Lipinski definition) is 5. The van der Waals surface area contributed by atoms with Gasteiger partial charge in [0.05, 0.1) is 31.0 Å². The monoisotopic (exact) mass is 163 g/mol. The summed E-state index contributed by atoms with van der Waals surface area (Å²) in [6.45, 7) is -0.162. The Hall–Kier alpha value is -0.200. The van der Waals surface area contributed by atoms with Gasteiger partial charge >= 0.3 is 0 Å². The summed E-state index contributed by atoms with van der Waals surface area (Å²) in [6, 6.07) is -0.616. The minimum atomic E-state index is -1.01. The average molecular weight is 163 g/mol. The van der Waals surface area contributed by atoms with E-state index in [1.807, 2.05) is 0 Å². The predicted octanol–water partition coefficient (Wildman–Crippen LogP) is -2.97. The number of aliphatic hydroxyl groups is 4. The third-order valence-corrected chi connectivity index (χ3v) is 1.93. The van der Waals surface area contributed by atoms with Gasteiger partial charge in [-0.25, -0.2) is 0 Å². The fourth-order valence-corrected chi connectivity index (χ4v) is 1.21. The molecule has 0 spiro atoms. The highest BCUT2D eigenvalue weighted by atomic mass is 16.3. The first-order valence-electron chi connectivity index (χ1n) is 3.55. The predicted molar refractivity (Wildman–Crippen MR) is 36.9 cm³/mol. The molecule has 0 unspecified atom stereocenters. The van der Waals surface area contributed by atoms with Crippen LogP contribution in [0.1, 0.15) is 0 Å². The van der Waals surface area contributed by atoms with E-state index in [1.165, 1.54) is 0 Å². The maximum atomic E-state index is 9.18. The molecule has 0 aliphatic carbocycles. The summed E-state index contributed by atoms with van der Waals surface area (Å²) < 4.78 is 0. The molecule has 1 aliphatic heterocycles. The molecule has 1 heterocycles. The lowest BCUT2D eigenvalue weighted by Gasteiger charge is -2.19. The molecule has 5 N–H and O–H groups in total. The molecule has 0 aromatic rings. The van der Waals surface area contributed by atoms with Gasteiger partial charge in [0, 0.05) is 6.54 Å². The van der Waals surface area contributed by atoms with Crippen LogP contribution in [0.25, 0.3) is 0 Å². The Kier molecular flexibility index (Phi) is 2.80. The number of hydrogen-bond donors (Lipinski definition) is 5. The summed E-state index contributed by atoms with van der Waals surface area (Å²) in [5.41, 5.74) is 0. The van der Waals surface area contributed by atoms with E-state index in [0.717, 1.165) is 0 Å². The highest BCUT2D eigenvalue weighted by Crippen LogP contribution is 2.10. The van der Waals surface area contributed by atoms with Crippen LogP contribution in [-0.4, -0.2) is 57.9 Å². The first-order chi connectivity index (χ1) is 5.16. The van der Waals surface area contributed by atoms with Crippen LogP contribution in [0.15, 0.2) is 0 Å². The van der Waals surface area contributed by atoms with Gasteiger partial charge in [0.1, 0.15) is 0 Å². The lowest BCUT2D eigenvalue weighted by molar-refractivity contribution is -0.00977. The van der Waals surface area contributed by atoms with Gasteiger partial charge in [-0.3, -0.25) is 0 Å². The Balaban J connectivity index is 2.47. The van der Waals surface area contributed by atoms with E-state index >= 15 is 0 Å². The van der Waals surface area contributed by atoms with Crippen molar-refractivity contribution >= 4 is 0 Å². The first-order valence-corrected chi connectivity index (χ1v) is 3.55. The van der Waals surface area contributed by atoms with Gasteiger partial charge in [0.15, 0.2) is 0 Å². The summed E-state index contributed by atoms with van der Waals surface area (Å²) >= 11 is 0. The highest BCUT2D eigenvalue weighted by Gasteiger charge is 2.36. The molecule has 1 rings (SSSR count). The maximum absolute atomic E-state index is 9.18. The first kappa shape index (κ1) is 8.89. The van der Waals surface area contributed by atoms with Gasteiger partial charge in [0.25, 0.3) is 0 Å². The van der Waals surface area contributed by atoms with Crippen LogP contribution in [-0.2, 0) is 0 Å². The van der Waals surface area contributed by atoms with Gasteiger partial charge in [-0.15, -0.1) is 0 Å². The second-order valence-corrected chi connectivity index (χ2v) is 2.74. The van der Waals surface area contributed by atoms with Crippen LogP contribution >= 0.6 is 0 Å². The molecule has 0 aromatic carbocycles. The standard InChI is InChI=1S/C6H13NO4/c8-2-4(10)5-6(11)3(9)1-7-5/h3-11H,1-2H2/t3-,4-,5+,6+/m1/s1. The number of rotatable bonds is 2. The molecule has 0 bridgehead atoms. The molecule has 1 saturated heterocycles. The molecule has 4 atom stereocenters. The molecule has 0 amide bonds. The van der Waals surface area contributed by atoms with Crippen LogP contribution in [0, 0.1) is 0 Å². The molecule has 1 fully saturated rings. The second kappa shape index (κ2) is 3.46. The van der Waals surface area contributed by atoms with Crippen molar-refractivity contribution in [2.45, 2.75) is 24.4 Å². The largest absolute Gasteiger partial charge is 0.394 e. The fourth-order valence-electron chi connectivity index (χ4n) is 1.21. The highest BCUT2D eigenvalue weighted by molar-refractivity contribution is 4.94. The van der Waals surface area contributed by atoms with E-state index in [0.29, 0.717) is 0 Å². The van der Waals surface area contributed by atoms with Crippen LogP contribution in [0.2, 0.25) is 0 Å². The lowest BCUT2D eigenvalue weighted by Crippen LogP contribution is -2.44. The van der Waals surface area contributed by atoms with Gasteiger partial charge in [0.2, 0.25) is 0 Å². The summed E-state index contributed by atoms with van der Waals surface area (Å²) in [6.07, 6.45) is -2.85. The van der Waals surface area contributed by atoms with Crippen molar-refractivity contribution in [3.63, 3.8) is 0 Å². The average Bonchev–Trinajstić information content (AvgIpc) is 2.32. The Morgan fingerprint density at radius 1 is 1.45 bits per heavy atom. The Morgan fingerprint density at radius 2 is 2.09 bits per heavy atom. The Labute approximate surface area is 64.3 Å². The van der Waals surface area contributed by atoms with E-state index in [2.05, 4.69) is 5.32 Å². The minimum Gasteiger partial charge on any atom is -0.394 e. The van der Waals surface area contributed by atoms with Crippen molar-refractivity contribution in [2.75, 3.05) is 13.2 Å². The van der Waals surface area contributed by atoms with Crippen LogP contribution in [0.4, 0.5) is 0 Å². The van der Waals surface area contributed by atoms with Gasteiger partial charge in [-0.05, 0) is 0 Å². The van der Waals surface area contributed by atoms with Crippen molar-refractivity contribution < 1.29 is 20.4 Å². The fraction of sp³-hybridized carbons (Fsp3) is 1.00. The van der Waals surface area contributed by atoms with Crippen molar-refractivity contribution in [2.24, 2.45) is 0 Å². The second-order valence-electron chi connectivity index (χ2n) is 2.74. The Bertz CT molecular complexity index is 132. The van der Waals surface area contributed by atoms with E-state index in [9.17, 15) is 5.11 Å². The van der Waals surface area contributed by atoms with Crippen molar-refractivity contribution in [3.05, 3.63) is 0 Å². The summed E-state index contributed by atoms with van der Waals surface area (Å²) in [5, 5.41) is 38.5. The maximum Gasteiger partial charge on any atom is 0.0990 e. The zero-order chi connectivity index (χ0) is 8.43. The molecule has 5 nitrogen and oxygen atoms in total. The van der Waals surface area contributed by atoms with Crippen molar-refractivity contribution in [3.8, 4) is 0 Å². The smallest absolute Gasteiger partial charge is 0.0990 e. The van der Waals surface area contributed by atoms with Gasteiger partial charge in [-0.2, -0.15) is 0 Å².